The third kappa shape index (κ3) is 2.08. The molecule has 1 aromatic rings. The number of likely N-dealkylation sites (tertiary alicyclic amines) is 1. The fourth-order valence-corrected chi connectivity index (χ4v) is 3.31. The van der Waals surface area contributed by atoms with Gasteiger partial charge in [0.2, 0.25) is 5.91 Å². The van der Waals surface area contributed by atoms with Crippen molar-refractivity contribution in [1.29, 1.82) is 0 Å². The molecule has 2 aliphatic rings. The van der Waals surface area contributed by atoms with Crippen molar-refractivity contribution in [2.45, 2.75) is 44.6 Å². The second-order valence-corrected chi connectivity index (χ2v) is 7.38. The van der Waals surface area contributed by atoms with Crippen LogP contribution in [0.2, 0.25) is 0 Å². The Morgan fingerprint density at radius 2 is 1.81 bits per heavy atom. The SMILES string of the molecule is CC1(C)CN(C(=O)C2(c3ccccc3F)CC2)C[C@@]1(C)O. The quantitative estimate of drug-likeness (QED) is 0.909. The van der Waals surface area contributed by atoms with Crippen LogP contribution < -0.4 is 0 Å². The van der Waals surface area contributed by atoms with E-state index in [1.807, 2.05) is 13.8 Å². The van der Waals surface area contributed by atoms with Gasteiger partial charge in [0.05, 0.1) is 11.0 Å². The maximum absolute atomic E-state index is 14.1. The molecule has 2 fully saturated rings. The number of amides is 1. The molecule has 1 aliphatic carbocycles. The molecule has 3 rings (SSSR count). The van der Waals surface area contributed by atoms with E-state index in [4.69, 9.17) is 0 Å². The Morgan fingerprint density at radius 1 is 1.19 bits per heavy atom. The molecule has 3 nitrogen and oxygen atoms in total. The summed E-state index contributed by atoms with van der Waals surface area (Å²) in [6, 6.07) is 6.53. The number of benzene rings is 1. The third-order valence-electron chi connectivity index (χ3n) is 5.38. The number of nitrogens with zero attached hydrogens (tertiary/aromatic N) is 1. The fourth-order valence-electron chi connectivity index (χ4n) is 3.31. The Kier molecular flexibility index (Phi) is 2.97. The van der Waals surface area contributed by atoms with Crippen LogP contribution in [0.25, 0.3) is 0 Å². The van der Waals surface area contributed by atoms with Crippen LogP contribution in [0.4, 0.5) is 4.39 Å². The van der Waals surface area contributed by atoms with Crippen LogP contribution in [0.15, 0.2) is 24.3 Å². The molecule has 0 aromatic heterocycles. The number of rotatable bonds is 2. The molecule has 0 spiro atoms. The van der Waals surface area contributed by atoms with Gasteiger partial charge in [-0.25, -0.2) is 4.39 Å². The second kappa shape index (κ2) is 4.29. The summed E-state index contributed by atoms with van der Waals surface area (Å²) in [6.45, 7) is 6.51. The molecule has 1 saturated carbocycles. The summed E-state index contributed by atoms with van der Waals surface area (Å²) in [5.74, 6) is -0.355. The second-order valence-electron chi connectivity index (χ2n) is 7.38. The van der Waals surface area contributed by atoms with Crippen LogP contribution >= 0.6 is 0 Å². The van der Waals surface area contributed by atoms with Crippen molar-refractivity contribution in [2.75, 3.05) is 13.1 Å². The maximum Gasteiger partial charge on any atom is 0.233 e. The van der Waals surface area contributed by atoms with Gasteiger partial charge >= 0.3 is 0 Å². The van der Waals surface area contributed by atoms with Crippen molar-refractivity contribution in [2.24, 2.45) is 5.41 Å². The molecular weight excluding hydrogens is 269 g/mol. The zero-order valence-corrected chi connectivity index (χ0v) is 12.8. The van der Waals surface area contributed by atoms with Crippen molar-refractivity contribution in [3.8, 4) is 0 Å². The third-order valence-corrected chi connectivity index (χ3v) is 5.38. The Labute approximate surface area is 124 Å². The molecular formula is C17H22FNO2. The van der Waals surface area contributed by atoms with E-state index in [1.165, 1.54) is 6.07 Å². The van der Waals surface area contributed by atoms with Crippen molar-refractivity contribution in [3.05, 3.63) is 35.6 Å². The van der Waals surface area contributed by atoms with E-state index >= 15 is 0 Å². The van der Waals surface area contributed by atoms with Crippen LogP contribution in [0, 0.1) is 11.2 Å². The van der Waals surface area contributed by atoms with E-state index < -0.39 is 11.0 Å². The first-order valence-corrected chi connectivity index (χ1v) is 7.46. The lowest BCUT2D eigenvalue weighted by molar-refractivity contribution is -0.133. The molecule has 1 aromatic carbocycles. The smallest absolute Gasteiger partial charge is 0.233 e. The molecule has 4 heteroatoms. The summed E-state index contributed by atoms with van der Waals surface area (Å²) in [6.07, 6.45) is 1.37. The van der Waals surface area contributed by atoms with Gasteiger partial charge in [0, 0.05) is 24.1 Å². The molecule has 0 unspecified atom stereocenters. The van der Waals surface area contributed by atoms with Crippen LogP contribution in [-0.4, -0.2) is 34.6 Å². The number of carbonyl (C=O) groups is 1. The molecule has 1 aliphatic heterocycles. The van der Waals surface area contributed by atoms with Crippen LogP contribution in [0.1, 0.15) is 39.2 Å². The molecule has 21 heavy (non-hydrogen) atoms. The van der Waals surface area contributed by atoms with Gasteiger partial charge in [-0.3, -0.25) is 4.79 Å². The molecule has 0 radical (unpaired) electrons. The first kappa shape index (κ1) is 14.5. The summed E-state index contributed by atoms with van der Waals surface area (Å²) in [7, 11) is 0. The predicted molar refractivity (Wildman–Crippen MR) is 78.3 cm³/mol. The maximum atomic E-state index is 14.1. The summed E-state index contributed by atoms with van der Waals surface area (Å²) in [4.78, 5) is 14.6. The first-order valence-electron chi connectivity index (χ1n) is 7.46. The Hall–Kier alpha value is -1.42. The number of aliphatic hydroxyl groups is 1. The Bertz CT molecular complexity index is 574. The predicted octanol–water partition coefficient (Wildman–Crippen LogP) is 2.48. The monoisotopic (exact) mass is 291 g/mol. The van der Waals surface area contributed by atoms with E-state index in [0.29, 0.717) is 31.5 Å². The Morgan fingerprint density at radius 3 is 2.29 bits per heavy atom. The molecule has 1 saturated heterocycles. The van der Waals surface area contributed by atoms with Gasteiger partial charge in [-0.15, -0.1) is 0 Å². The van der Waals surface area contributed by atoms with Crippen molar-refractivity contribution in [1.82, 2.24) is 4.90 Å². The highest BCUT2D eigenvalue weighted by Gasteiger charge is 2.58. The average Bonchev–Trinajstić information content (AvgIpc) is 3.14. The van der Waals surface area contributed by atoms with Crippen LogP contribution in [-0.2, 0) is 10.2 Å². The minimum Gasteiger partial charge on any atom is -0.388 e. The molecule has 0 bridgehead atoms. The van der Waals surface area contributed by atoms with Gasteiger partial charge in [0.1, 0.15) is 5.82 Å². The zero-order valence-electron chi connectivity index (χ0n) is 12.8. The summed E-state index contributed by atoms with van der Waals surface area (Å²) >= 11 is 0. The standard InChI is InChI=1S/C17H22FNO2/c1-15(2)10-19(11-16(15,3)21)14(20)17(8-9-17)12-6-4-5-7-13(12)18/h4-7,21H,8-11H2,1-3H3/t16-/m1/s1. The van der Waals surface area contributed by atoms with Crippen LogP contribution in [0.3, 0.4) is 0 Å². The minimum absolute atomic E-state index is 0.0431. The van der Waals surface area contributed by atoms with Gasteiger partial charge < -0.3 is 10.0 Å². The normalized spacial score (nSPS) is 29.5. The van der Waals surface area contributed by atoms with E-state index in [2.05, 4.69) is 0 Å². The van der Waals surface area contributed by atoms with Crippen molar-refractivity contribution >= 4 is 5.91 Å². The number of carbonyl (C=O) groups excluding carboxylic acids is 1. The number of hydrogen-bond donors (Lipinski definition) is 1. The minimum atomic E-state index is -0.909. The van der Waals surface area contributed by atoms with Gasteiger partial charge in [-0.1, -0.05) is 32.0 Å². The van der Waals surface area contributed by atoms with Gasteiger partial charge in [0.25, 0.3) is 0 Å². The summed E-state index contributed by atoms with van der Waals surface area (Å²) < 4.78 is 14.1. The average molecular weight is 291 g/mol. The largest absolute Gasteiger partial charge is 0.388 e. The van der Waals surface area contributed by atoms with Crippen molar-refractivity contribution < 1.29 is 14.3 Å². The van der Waals surface area contributed by atoms with E-state index in [1.54, 1.807) is 30.0 Å². The highest BCUT2D eigenvalue weighted by atomic mass is 19.1. The van der Waals surface area contributed by atoms with Gasteiger partial charge in [-0.2, -0.15) is 0 Å². The lowest BCUT2D eigenvalue weighted by atomic mass is 9.79. The summed E-state index contributed by atoms with van der Waals surface area (Å²) in [5.41, 5.74) is -1.47. The van der Waals surface area contributed by atoms with E-state index in [-0.39, 0.29) is 17.1 Å². The zero-order chi connectivity index (χ0) is 15.5. The number of β-amino-alcohol motifs (C(OH)–C–C–N with tert-alkyl or cyclic N) is 1. The van der Waals surface area contributed by atoms with E-state index in [9.17, 15) is 14.3 Å². The van der Waals surface area contributed by atoms with Crippen molar-refractivity contribution in [3.63, 3.8) is 0 Å². The molecule has 1 atom stereocenters. The number of hydrogen-bond acceptors (Lipinski definition) is 2. The summed E-state index contributed by atoms with van der Waals surface area (Å²) in [5, 5.41) is 10.5. The molecule has 1 N–H and O–H groups in total. The van der Waals surface area contributed by atoms with Gasteiger partial charge in [0.15, 0.2) is 0 Å². The molecule has 1 heterocycles. The number of halogens is 1. The molecule has 114 valence electrons. The van der Waals surface area contributed by atoms with Gasteiger partial charge in [-0.05, 0) is 25.8 Å². The van der Waals surface area contributed by atoms with E-state index in [0.717, 1.165) is 0 Å². The van der Waals surface area contributed by atoms with Crippen LogP contribution in [0.5, 0.6) is 0 Å². The lowest BCUT2D eigenvalue weighted by Gasteiger charge is -2.30. The highest BCUT2D eigenvalue weighted by Crippen LogP contribution is 2.52. The first-order chi connectivity index (χ1) is 9.70. The highest BCUT2D eigenvalue weighted by molar-refractivity contribution is 5.91. The fraction of sp³-hybridized carbons (Fsp3) is 0.588. The topological polar surface area (TPSA) is 40.5 Å². The lowest BCUT2D eigenvalue weighted by Crippen LogP contribution is -2.41. The Balaban J connectivity index is 1.89. The molecule has 1 amide bonds.